The number of hydrogen-bond donors (Lipinski definition) is 1. The van der Waals surface area contributed by atoms with Gasteiger partial charge in [-0.25, -0.2) is 0 Å². The van der Waals surface area contributed by atoms with Gasteiger partial charge in [0.05, 0.1) is 10.9 Å². The fraction of sp³-hybridized carbons (Fsp3) is 0.238. The summed E-state index contributed by atoms with van der Waals surface area (Å²) in [5.74, 6) is 0.0649. The number of aromatic nitrogens is 5. The van der Waals surface area contributed by atoms with Gasteiger partial charge < -0.3 is 4.98 Å². The van der Waals surface area contributed by atoms with Crippen LogP contribution in [0.25, 0.3) is 16.6 Å². The van der Waals surface area contributed by atoms with Crippen LogP contribution in [0.3, 0.4) is 0 Å². The van der Waals surface area contributed by atoms with Gasteiger partial charge in [0.25, 0.3) is 0 Å². The number of carbonyl (C=O) groups is 1. The Morgan fingerprint density at radius 1 is 1.14 bits per heavy atom. The van der Waals surface area contributed by atoms with Crippen LogP contribution in [0, 0.1) is 20.8 Å². The molecule has 1 atom stereocenters. The summed E-state index contributed by atoms with van der Waals surface area (Å²) in [6.45, 7) is 7.91. The number of fused-ring (bicyclic) bond motifs is 1. The largest absolute Gasteiger partial charge is 0.358 e. The van der Waals surface area contributed by atoms with Crippen molar-refractivity contribution in [2.24, 2.45) is 0 Å². The van der Waals surface area contributed by atoms with Crippen LogP contribution in [0.1, 0.15) is 34.1 Å². The maximum absolute atomic E-state index is 13.2. The summed E-state index contributed by atoms with van der Waals surface area (Å²) in [5, 5.41) is 13.3. The highest BCUT2D eigenvalue weighted by Gasteiger charge is 2.24. The molecule has 0 aliphatic rings. The number of benzene rings is 2. The lowest BCUT2D eigenvalue weighted by molar-refractivity contribution is 0.0995. The number of aryl methyl sites for hydroxylation is 3. The molecule has 1 N–H and O–H groups in total. The van der Waals surface area contributed by atoms with Crippen molar-refractivity contribution in [1.29, 1.82) is 0 Å². The maximum Gasteiger partial charge on any atom is 0.214 e. The number of rotatable bonds is 5. The van der Waals surface area contributed by atoms with Crippen molar-refractivity contribution in [3.8, 4) is 5.69 Å². The molecule has 6 nitrogen and oxygen atoms in total. The summed E-state index contributed by atoms with van der Waals surface area (Å²) in [4.78, 5) is 16.5. The Morgan fingerprint density at radius 2 is 1.93 bits per heavy atom. The monoisotopic (exact) mass is 391 g/mol. The Balaban J connectivity index is 1.64. The van der Waals surface area contributed by atoms with Gasteiger partial charge in [-0.1, -0.05) is 47.7 Å². The molecule has 142 valence electrons. The van der Waals surface area contributed by atoms with Crippen molar-refractivity contribution < 1.29 is 4.79 Å². The Kier molecular flexibility index (Phi) is 4.77. The second-order valence-electron chi connectivity index (χ2n) is 6.96. The predicted molar refractivity (Wildman–Crippen MR) is 111 cm³/mol. The number of nitrogens with zero attached hydrogens (tertiary/aromatic N) is 4. The van der Waals surface area contributed by atoms with Gasteiger partial charge >= 0.3 is 0 Å². The minimum absolute atomic E-state index is 0.0649. The molecule has 0 bridgehead atoms. The van der Waals surface area contributed by atoms with Crippen LogP contribution >= 0.6 is 11.8 Å². The molecule has 0 aliphatic heterocycles. The van der Waals surface area contributed by atoms with Crippen LogP contribution in [-0.4, -0.2) is 36.2 Å². The van der Waals surface area contributed by atoms with Crippen molar-refractivity contribution in [3.05, 3.63) is 64.8 Å². The van der Waals surface area contributed by atoms with Crippen LogP contribution in [0.5, 0.6) is 0 Å². The molecular formula is C21H21N5OS. The molecule has 0 saturated carbocycles. The SMILES string of the molecule is Cc1ccc(-n2nnnc2S[C@H](C)C(=O)c2c(C)[nH]c3ccccc23)c(C)c1. The number of nitrogens with one attached hydrogen (secondary N) is 1. The fourth-order valence-corrected chi connectivity index (χ4v) is 4.32. The second-order valence-corrected chi connectivity index (χ2v) is 8.27. The average molecular weight is 392 g/mol. The number of thioether (sulfide) groups is 1. The molecule has 0 radical (unpaired) electrons. The molecule has 2 aromatic carbocycles. The van der Waals surface area contributed by atoms with E-state index in [9.17, 15) is 4.79 Å². The first-order valence-corrected chi connectivity index (χ1v) is 9.98. The zero-order valence-electron chi connectivity index (χ0n) is 16.2. The molecule has 7 heteroatoms. The van der Waals surface area contributed by atoms with E-state index in [2.05, 4.69) is 33.5 Å². The van der Waals surface area contributed by atoms with Gasteiger partial charge in [0.2, 0.25) is 5.16 Å². The lowest BCUT2D eigenvalue weighted by atomic mass is 10.1. The van der Waals surface area contributed by atoms with E-state index in [1.165, 1.54) is 17.3 Å². The Hall–Kier alpha value is -2.93. The van der Waals surface area contributed by atoms with Gasteiger partial charge in [0.15, 0.2) is 5.78 Å². The number of hydrogen-bond acceptors (Lipinski definition) is 5. The molecule has 0 spiro atoms. The number of carbonyl (C=O) groups excluding carboxylic acids is 1. The van der Waals surface area contributed by atoms with E-state index in [0.29, 0.717) is 5.16 Å². The summed E-state index contributed by atoms with van der Waals surface area (Å²) in [7, 11) is 0. The van der Waals surface area contributed by atoms with Gasteiger partial charge in [-0.2, -0.15) is 4.68 Å². The van der Waals surface area contributed by atoms with E-state index in [0.717, 1.165) is 33.4 Å². The zero-order chi connectivity index (χ0) is 19.8. The first kappa shape index (κ1) is 18.4. The number of tetrazole rings is 1. The first-order valence-electron chi connectivity index (χ1n) is 9.10. The van der Waals surface area contributed by atoms with Gasteiger partial charge in [0.1, 0.15) is 0 Å². The zero-order valence-corrected chi connectivity index (χ0v) is 17.0. The van der Waals surface area contributed by atoms with Crippen LogP contribution < -0.4 is 0 Å². The normalized spacial score (nSPS) is 12.4. The summed E-state index contributed by atoms with van der Waals surface area (Å²) in [5.41, 5.74) is 5.78. The molecule has 28 heavy (non-hydrogen) atoms. The van der Waals surface area contributed by atoms with Gasteiger partial charge in [-0.3, -0.25) is 4.79 Å². The summed E-state index contributed by atoms with van der Waals surface area (Å²) in [6, 6.07) is 14.0. The van der Waals surface area contributed by atoms with Crippen molar-refractivity contribution in [2.45, 2.75) is 38.1 Å². The number of Topliss-reactive ketones (excluding diaryl/α,β-unsaturated/α-hetero) is 1. The molecule has 0 fully saturated rings. The predicted octanol–water partition coefficient (Wildman–Crippen LogP) is 4.43. The van der Waals surface area contributed by atoms with Gasteiger partial charge in [0, 0.05) is 22.2 Å². The molecule has 4 aromatic rings. The fourth-order valence-electron chi connectivity index (χ4n) is 3.46. The number of aromatic amines is 1. The number of para-hydroxylation sites is 1. The van der Waals surface area contributed by atoms with Crippen LogP contribution in [-0.2, 0) is 0 Å². The third kappa shape index (κ3) is 3.22. The first-order chi connectivity index (χ1) is 13.5. The summed E-state index contributed by atoms with van der Waals surface area (Å²) < 4.78 is 1.70. The minimum Gasteiger partial charge on any atom is -0.358 e. The molecule has 0 amide bonds. The van der Waals surface area contributed by atoms with Crippen LogP contribution in [0.4, 0.5) is 0 Å². The highest BCUT2D eigenvalue weighted by Crippen LogP contribution is 2.30. The number of H-pyrrole nitrogens is 1. The smallest absolute Gasteiger partial charge is 0.214 e. The lowest BCUT2D eigenvalue weighted by Crippen LogP contribution is -2.15. The van der Waals surface area contributed by atoms with E-state index < -0.39 is 0 Å². The molecular weight excluding hydrogens is 370 g/mol. The quantitative estimate of drug-likeness (QED) is 0.402. The standard InChI is InChI=1S/C21H21N5OS/c1-12-9-10-18(13(2)11-12)26-21(23-24-25-26)28-15(4)20(27)19-14(3)22-17-8-6-5-7-16(17)19/h5-11,15,22H,1-4H3/t15-/m1/s1. The highest BCUT2D eigenvalue weighted by atomic mass is 32.2. The highest BCUT2D eigenvalue weighted by molar-refractivity contribution is 8.00. The minimum atomic E-state index is -0.326. The Morgan fingerprint density at radius 3 is 2.71 bits per heavy atom. The van der Waals surface area contributed by atoms with E-state index in [4.69, 9.17) is 0 Å². The van der Waals surface area contributed by atoms with E-state index >= 15 is 0 Å². The van der Waals surface area contributed by atoms with E-state index in [1.807, 2.05) is 57.2 Å². The van der Waals surface area contributed by atoms with Crippen molar-refractivity contribution >= 4 is 28.4 Å². The number of ketones is 1. The molecule has 2 aromatic heterocycles. The van der Waals surface area contributed by atoms with Gasteiger partial charge in [-0.15, -0.1) is 5.10 Å². The van der Waals surface area contributed by atoms with E-state index in [1.54, 1.807) is 4.68 Å². The second kappa shape index (κ2) is 7.24. The topological polar surface area (TPSA) is 76.5 Å². The van der Waals surface area contributed by atoms with Crippen molar-refractivity contribution in [1.82, 2.24) is 25.2 Å². The average Bonchev–Trinajstić information content (AvgIpc) is 3.24. The Labute approximate surface area is 167 Å². The Bertz CT molecular complexity index is 1180. The van der Waals surface area contributed by atoms with Crippen LogP contribution in [0.15, 0.2) is 47.6 Å². The van der Waals surface area contributed by atoms with Crippen molar-refractivity contribution in [3.63, 3.8) is 0 Å². The van der Waals surface area contributed by atoms with Crippen molar-refractivity contribution in [2.75, 3.05) is 0 Å². The lowest BCUT2D eigenvalue weighted by Gasteiger charge is -2.12. The summed E-state index contributed by atoms with van der Waals surface area (Å²) >= 11 is 1.37. The maximum atomic E-state index is 13.2. The molecule has 0 unspecified atom stereocenters. The van der Waals surface area contributed by atoms with Crippen LogP contribution in [0.2, 0.25) is 0 Å². The third-order valence-corrected chi connectivity index (χ3v) is 5.85. The van der Waals surface area contributed by atoms with Gasteiger partial charge in [-0.05, 0) is 55.8 Å². The molecule has 2 heterocycles. The van der Waals surface area contributed by atoms with E-state index in [-0.39, 0.29) is 11.0 Å². The molecule has 0 aliphatic carbocycles. The molecule has 4 rings (SSSR count). The summed E-state index contributed by atoms with van der Waals surface area (Å²) in [6.07, 6.45) is 0. The third-order valence-electron chi connectivity index (χ3n) is 4.81. The molecule has 0 saturated heterocycles.